The van der Waals surface area contributed by atoms with Gasteiger partial charge in [-0.05, 0) is 18.2 Å². The molecule has 104 valence electrons. The average Bonchev–Trinajstić information content (AvgIpc) is 2.60. The van der Waals surface area contributed by atoms with Crippen LogP contribution in [0.4, 0.5) is 0 Å². The Morgan fingerprint density at radius 2 is 2.15 bits per heavy atom. The molecule has 0 spiro atoms. The third-order valence-electron chi connectivity index (χ3n) is 2.46. The molecule has 6 nitrogen and oxygen atoms in total. The first-order valence-corrected chi connectivity index (χ1v) is 6.58. The van der Waals surface area contributed by atoms with Gasteiger partial charge in [-0.1, -0.05) is 24.0 Å². The van der Waals surface area contributed by atoms with Gasteiger partial charge in [-0.15, -0.1) is 0 Å². The SMILES string of the molecule is O=C([O-])CN1C(=O)/C(=C\c2ccc(O)cc2O)SC1=S. The maximum Gasteiger partial charge on any atom is 0.266 e. The minimum atomic E-state index is -1.41. The summed E-state index contributed by atoms with van der Waals surface area (Å²) in [6, 6.07) is 3.91. The van der Waals surface area contributed by atoms with Gasteiger partial charge in [0.15, 0.2) is 0 Å². The highest BCUT2D eigenvalue weighted by Crippen LogP contribution is 2.34. The Hall–Kier alpha value is -2.06. The smallest absolute Gasteiger partial charge is 0.266 e. The largest absolute Gasteiger partial charge is 0.548 e. The van der Waals surface area contributed by atoms with Gasteiger partial charge < -0.3 is 20.1 Å². The third-order valence-corrected chi connectivity index (χ3v) is 3.84. The van der Waals surface area contributed by atoms with Crippen molar-refractivity contribution in [3.05, 3.63) is 28.7 Å². The number of aromatic hydroxyl groups is 2. The standard InChI is InChI=1S/C12H9NO5S2/c14-7-2-1-6(8(15)4-7)3-9-11(18)13(5-10(16)17)12(19)20-9/h1-4,14-15H,5H2,(H,16,17)/p-1/b9-3+. The molecule has 20 heavy (non-hydrogen) atoms. The minimum absolute atomic E-state index is 0.107. The van der Waals surface area contributed by atoms with E-state index in [0.717, 1.165) is 22.7 Å². The summed E-state index contributed by atoms with van der Waals surface area (Å²) in [7, 11) is 0. The Morgan fingerprint density at radius 3 is 2.75 bits per heavy atom. The monoisotopic (exact) mass is 310 g/mol. The van der Waals surface area contributed by atoms with Gasteiger partial charge in [-0.3, -0.25) is 9.69 Å². The summed E-state index contributed by atoms with van der Waals surface area (Å²) in [5, 5.41) is 29.4. The first kappa shape index (κ1) is 14.4. The molecule has 8 heteroatoms. The van der Waals surface area contributed by atoms with Crippen LogP contribution in [0.2, 0.25) is 0 Å². The Balaban J connectivity index is 2.30. The second-order valence-electron chi connectivity index (χ2n) is 3.88. The van der Waals surface area contributed by atoms with Crippen LogP contribution in [0.25, 0.3) is 6.08 Å². The highest BCUT2D eigenvalue weighted by molar-refractivity contribution is 8.26. The van der Waals surface area contributed by atoms with Crippen molar-refractivity contribution in [3.63, 3.8) is 0 Å². The van der Waals surface area contributed by atoms with Crippen molar-refractivity contribution >= 4 is 46.3 Å². The van der Waals surface area contributed by atoms with Gasteiger partial charge in [0, 0.05) is 11.6 Å². The van der Waals surface area contributed by atoms with Crippen LogP contribution in [0, 0.1) is 0 Å². The first-order chi connectivity index (χ1) is 9.38. The fourth-order valence-electron chi connectivity index (χ4n) is 1.56. The second-order valence-corrected chi connectivity index (χ2v) is 5.56. The van der Waals surface area contributed by atoms with Crippen molar-refractivity contribution in [2.45, 2.75) is 0 Å². The molecule has 0 bridgehead atoms. The summed E-state index contributed by atoms with van der Waals surface area (Å²) in [5.41, 5.74) is 0.316. The normalized spacial score (nSPS) is 17.0. The van der Waals surface area contributed by atoms with E-state index < -0.39 is 18.4 Å². The van der Waals surface area contributed by atoms with E-state index in [1.54, 1.807) is 0 Å². The number of phenolic OH excluding ortho intramolecular Hbond substituents is 2. The van der Waals surface area contributed by atoms with Crippen LogP contribution >= 0.6 is 24.0 Å². The molecule has 2 N–H and O–H groups in total. The number of nitrogens with zero attached hydrogens (tertiary/aromatic N) is 1. The summed E-state index contributed by atoms with van der Waals surface area (Å²) in [6.07, 6.45) is 1.38. The molecule has 0 aliphatic carbocycles. The molecule has 1 saturated heterocycles. The number of carbonyl (C=O) groups is 2. The Bertz CT molecular complexity index is 641. The number of thioether (sulfide) groups is 1. The summed E-state index contributed by atoms with van der Waals surface area (Å²) < 4.78 is 0.115. The van der Waals surface area contributed by atoms with E-state index in [1.165, 1.54) is 18.2 Å². The summed E-state index contributed by atoms with van der Waals surface area (Å²) in [5.74, 6) is -2.27. The Kier molecular flexibility index (Phi) is 3.96. The first-order valence-electron chi connectivity index (χ1n) is 5.35. The van der Waals surface area contributed by atoms with Crippen molar-refractivity contribution in [2.75, 3.05) is 6.54 Å². The molecule has 1 fully saturated rings. The number of benzene rings is 1. The van der Waals surface area contributed by atoms with Crippen molar-refractivity contribution in [1.82, 2.24) is 4.90 Å². The number of hydrogen-bond acceptors (Lipinski definition) is 7. The quantitative estimate of drug-likeness (QED) is 0.601. The van der Waals surface area contributed by atoms with Gasteiger partial charge in [0.2, 0.25) is 0 Å². The molecule has 1 aliphatic rings. The van der Waals surface area contributed by atoms with E-state index in [1.807, 2.05) is 0 Å². The maximum atomic E-state index is 12.0. The molecule has 0 radical (unpaired) electrons. The fraction of sp³-hybridized carbons (Fsp3) is 0.0833. The number of thiocarbonyl (C=S) groups is 1. The Morgan fingerprint density at radius 1 is 1.45 bits per heavy atom. The molecule has 0 unspecified atom stereocenters. The van der Waals surface area contributed by atoms with Gasteiger partial charge in [-0.25, -0.2) is 0 Å². The number of carboxylic acids is 1. The van der Waals surface area contributed by atoms with Gasteiger partial charge >= 0.3 is 0 Å². The van der Waals surface area contributed by atoms with Crippen LogP contribution in [0.5, 0.6) is 11.5 Å². The van der Waals surface area contributed by atoms with Gasteiger partial charge in [0.05, 0.1) is 17.4 Å². The number of amides is 1. The van der Waals surface area contributed by atoms with Crippen molar-refractivity contribution in [2.24, 2.45) is 0 Å². The summed E-state index contributed by atoms with van der Waals surface area (Å²) in [4.78, 5) is 23.6. The number of carbonyl (C=O) groups excluding carboxylic acids is 2. The molecule has 1 amide bonds. The molecule has 1 aromatic carbocycles. The number of phenols is 2. The van der Waals surface area contributed by atoms with Gasteiger partial charge in [0.25, 0.3) is 5.91 Å². The zero-order chi connectivity index (χ0) is 14.9. The van der Waals surface area contributed by atoms with Crippen LogP contribution < -0.4 is 5.11 Å². The lowest BCUT2D eigenvalue weighted by molar-refractivity contribution is -0.305. The molecule has 0 atom stereocenters. The lowest BCUT2D eigenvalue weighted by Crippen LogP contribution is -2.40. The number of aliphatic carboxylic acids is 1. The molecule has 0 saturated carbocycles. The summed E-state index contributed by atoms with van der Waals surface area (Å²) >= 11 is 5.85. The number of hydrogen-bond donors (Lipinski definition) is 2. The lowest BCUT2D eigenvalue weighted by Gasteiger charge is -2.14. The number of rotatable bonds is 3. The highest BCUT2D eigenvalue weighted by Gasteiger charge is 2.32. The van der Waals surface area contributed by atoms with Crippen molar-refractivity contribution in [3.8, 4) is 11.5 Å². The molecule has 0 aromatic heterocycles. The predicted molar refractivity (Wildman–Crippen MR) is 74.7 cm³/mol. The van der Waals surface area contributed by atoms with Crippen LogP contribution in [-0.2, 0) is 9.59 Å². The zero-order valence-corrected chi connectivity index (χ0v) is 11.5. The van der Waals surface area contributed by atoms with Crippen LogP contribution in [0.1, 0.15) is 5.56 Å². The minimum Gasteiger partial charge on any atom is -0.548 e. The maximum absolute atomic E-state index is 12.0. The second kappa shape index (κ2) is 5.51. The Labute approximate surface area is 123 Å². The molecule has 1 heterocycles. The third kappa shape index (κ3) is 2.91. The van der Waals surface area contributed by atoms with E-state index >= 15 is 0 Å². The van der Waals surface area contributed by atoms with Crippen LogP contribution in [0.15, 0.2) is 23.1 Å². The average molecular weight is 310 g/mol. The highest BCUT2D eigenvalue weighted by atomic mass is 32.2. The van der Waals surface area contributed by atoms with E-state index in [2.05, 4.69) is 0 Å². The molecule has 2 rings (SSSR count). The van der Waals surface area contributed by atoms with E-state index in [9.17, 15) is 24.9 Å². The van der Waals surface area contributed by atoms with E-state index in [-0.39, 0.29) is 20.7 Å². The van der Waals surface area contributed by atoms with Crippen molar-refractivity contribution < 1.29 is 24.9 Å². The topological polar surface area (TPSA) is 101 Å². The molecule has 1 aliphatic heterocycles. The molecular weight excluding hydrogens is 302 g/mol. The fourth-order valence-corrected chi connectivity index (χ4v) is 2.81. The van der Waals surface area contributed by atoms with Gasteiger partial charge in [-0.2, -0.15) is 0 Å². The predicted octanol–water partition coefficient (Wildman–Crippen LogP) is 0.0489. The lowest BCUT2D eigenvalue weighted by atomic mass is 10.1. The van der Waals surface area contributed by atoms with Crippen LogP contribution in [-0.4, -0.2) is 37.9 Å². The molecular formula is C12H8NO5S2-. The van der Waals surface area contributed by atoms with Crippen molar-refractivity contribution in [1.29, 1.82) is 0 Å². The van der Waals surface area contributed by atoms with Crippen LogP contribution in [0.3, 0.4) is 0 Å². The van der Waals surface area contributed by atoms with E-state index in [0.29, 0.717) is 5.56 Å². The van der Waals surface area contributed by atoms with Gasteiger partial charge in [0.1, 0.15) is 15.8 Å². The molecule has 1 aromatic rings. The number of carboxylic acid groups (broad SMARTS) is 1. The zero-order valence-electron chi connectivity index (χ0n) is 9.90. The summed E-state index contributed by atoms with van der Waals surface area (Å²) in [6.45, 7) is -0.608. The van der Waals surface area contributed by atoms with E-state index in [4.69, 9.17) is 12.2 Å².